The highest BCUT2D eigenvalue weighted by molar-refractivity contribution is 5.21. The van der Waals surface area contributed by atoms with Gasteiger partial charge in [-0.15, -0.1) is 0 Å². The van der Waals surface area contributed by atoms with Gasteiger partial charge in [0.25, 0.3) is 0 Å². The van der Waals surface area contributed by atoms with Crippen LogP contribution in [0.2, 0.25) is 0 Å². The van der Waals surface area contributed by atoms with Gasteiger partial charge in [0.05, 0.1) is 0 Å². The van der Waals surface area contributed by atoms with Crippen LogP contribution in [0.1, 0.15) is 187 Å². The van der Waals surface area contributed by atoms with Gasteiger partial charge in [-0.2, -0.15) is 0 Å². The summed E-state index contributed by atoms with van der Waals surface area (Å²) >= 11 is 0. The van der Waals surface area contributed by atoms with Gasteiger partial charge >= 0.3 is 0 Å². The van der Waals surface area contributed by atoms with Crippen molar-refractivity contribution in [2.75, 3.05) is 0 Å². The van der Waals surface area contributed by atoms with Crippen molar-refractivity contribution in [1.29, 1.82) is 0 Å². The van der Waals surface area contributed by atoms with Gasteiger partial charge < -0.3 is 37.2 Å². The van der Waals surface area contributed by atoms with Crippen molar-refractivity contribution in [3.63, 3.8) is 0 Å². The molecule has 28 unspecified atom stereocenters. The first-order valence-electron chi connectivity index (χ1n) is 29.0. The second-order valence-electron chi connectivity index (χ2n) is 23.5. The summed E-state index contributed by atoms with van der Waals surface area (Å²) < 4.78 is 0. The third-order valence-corrected chi connectivity index (χ3v) is 22.3. The van der Waals surface area contributed by atoms with E-state index in [0.717, 1.165) is 0 Å². The maximum absolute atomic E-state index is 4.68. The molecule has 7 N–H and O–H groups in total. The fourth-order valence-electron chi connectivity index (χ4n) is 20.0. The maximum Gasteiger partial charge on any atom is 0.0258 e. The van der Waals surface area contributed by atoms with Crippen LogP contribution in [-0.4, -0.2) is 84.6 Å². The van der Waals surface area contributed by atoms with Crippen molar-refractivity contribution in [3.05, 3.63) is 0 Å². The summed E-state index contributed by atoms with van der Waals surface area (Å²) in [5, 5.41) is 32.8. The summed E-state index contributed by atoms with van der Waals surface area (Å²) in [7, 11) is 0. The van der Waals surface area contributed by atoms with Crippen LogP contribution in [0.5, 0.6) is 0 Å². The molecule has 28 atom stereocenters. The molecule has 0 aromatic carbocycles. The summed E-state index contributed by atoms with van der Waals surface area (Å²) in [5.41, 5.74) is 0. The molecule has 0 radical (unpaired) electrons. The van der Waals surface area contributed by atoms with E-state index in [0.29, 0.717) is 167 Å². The van der Waals surface area contributed by atoms with Crippen LogP contribution in [0.25, 0.3) is 0 Å². The molecule has 7 nitrogen and oxygen atoms in total. The minimum atomic E-state index is 0.536. The minimum Gasteiger partial charge on any atom is -0.308 e. The molecule has 8 aliphatic heterocycles. The number of fused-ring (bicyclic) bond motifs is 21. The van der Waals surface area contributed by atoms with E-state index in [9.17, 15) is 0 Å². The van der Waals surface area contributed by atoms with Crippen LogP contribution < -0.4 is 37.2 Å². The Morgan fingerprint density at radius 3 is 0.254 bits per heavy atom. The predicted octanol–water partition coefficient (Wildman–Crippen LogP) is 9.75. The van der Waals surface area contributed by atoms with E-state index >= 15 is 0 Å². The van der Waals surface area contributed by atoms with Crippen molar-refractivity contribution >= 4 is 0 Å². The zero-order chi connectivity index (χ0) is 45.0. The Balaban J connectivity index is 1.27. The third kappa shape index (κ3) is 7.83. The normalized spacial score (nSPS) is 54.0. The summed E-state index contributed by atoms with van der Waals surface area (Å²) in [4.78, 5) is 0. The van der Waals surface area contributed by atoms with Crippen LogP contribution in [0.3, 0.4) is 0 Å². The van der Waals surface area contributed by atoms with Crippen molar-refractivity contribution in [2.24, 2.45) is 82.9 Å². The first-order chi connectivity index (χ1) is 30.7. The van der Waals surface area contributed by atoms with Gasteiger partial charge in [-0.1, -0.05) is 187 Å². The molecule has 7 heteroatoms. The second-order valence-corrected chi connectivity index (χ2v) is 23.5. The van der Waals surface area contributed by atoms with Crippen LogP contribution in [-0.2, 0) is 0 Å². The predicted molar refractivity (Wildman–Crippen MR) is 268 cm³/mol. The average Bonchev–Trinajstić information content (AvgIpc) is 4.17. The van der Waals surface area contributed by atoms with Crippen molar-refractivity contribution in [3.8, 4) is 0 Å². The molecule has 0 saturated carbocycles. The highest BCUT2D eigenvalue weighted by atomic mass is 15.2. The number of nitrogens with one attached hydrogen (secondary N) is 7. The minimum absolute atomic E-state index is 0.536. The Morgan fingerprint density at radius 1 is 0.143 bits per heavy atom. The third-order valence-electron chi connectivity index (χ3n) is 22.3. The molecule has 8 aliphatic rings. The highest BCUT2D eigenvalue weighted by Gasteiger charge is 2.63. The van der Waals surface area contributed by atoms with Crippen molar-refractivity contribution in [2.45, 2.75) is 271 Å². The SMILES string of the molecule is CCC1C(CC)C2NC1C1NC(C(CC)C1CC)C1NC(C(CC)C1CC)C1NC(C(CC)C1CC)C1NC(C(CC)C1CC)C1NC(C(CC)C1CC)C1NC2C(CC)C1CC. The molecule has 0 spiro atoms. The summed E-state index contributed by atoms with van der Waals surface area (Å²) in [6, 6.07) is 7.50. The average molecular weight is 877 g/mol. The molecule has 8 rings (SSSR count). The molecule has 0 aromatic rings. The van der Waals surface area contributed by atoms with E-state index in [2.05, 4.69) is 134 Å². The first-order valence-corrected chi connectivity index (χ1v) is 29.0. The Morgan fingerprint density at radius 2 is 0.206 bits per heavy atom. The van der Waals surface area contributed by atoms with E-state index in [1.165, 1.54) is 89.9 Å². The Bertz CT molecular complexity index is 1050. The molecule has 14 bridgehead atoms. The van der Waals surface area contributed by atoms with Gasteiger partial charge in [-0.05, 0) is 82.9 Å². The molecule has 0 aromatic heterocycles. The zero-order valence-corrected chi connectivity index (χ0v) is 43.6. The fourth-order valence-corrected chi connectivity index (χ4v) is 20.0. The molecule has 0 amide bonds. The standard InChI is InChI=1S/C56H105N7/c1-15-29-30(16-2)44-46-33(19-5)34(20-6)49(59-46)50-37(23-9)38(24-10)53(61-50)54-41(27-13)42(28-14)56(63-54)55-40(26-12)39(25-11)52(62-55)51-36(22-8)35(21-7)48(60-51)47-32(18-4)31(17-3)45(58-47)43(29)57-44/h29-63H,15-28H2,1-14H3. The Labute approximate surface area is 390 Å². The lowest BCUT2D eigenvalue weighted by molar-refractivity contribution is 0.226. The van der Waals surface area contributed by atoms with Gasteiger partial charge in [0.1, 0.15) is 0 Å². The molecule has 8 saturated heterocycles. The lowest BCUT2D eigenvalue weighted by Crippen LogP contribution is -2.57. The van der Waals surface area contributed by atoms with E-state index in [1.54, 1.807) is 0 Å². The molecule has 8 fully saturated rings. The smallest absolute Gasteiger partial charge is 0.0258 e. The van der Waals surface area contributed by atoms with Crippen LogP contribution in [0, 0.1) is 82.9 Å². The summed E-state index contributed by atoms with van der Waals surface area (Å²) in [6.45, 7) is 35.6. The topological polar surface area (TPSA) is 84.2 Å². The Kier molecular flexibility index (Phi) is 16.2. The largest absolute Gasteiger partial charge is 0.308 e. The number of hydrogen-bond donors (Lipinski definition) is 7. The molecule has 0 aliphatic carbocycles. The maximum atomic E-state index is 4.68. The van der Waals surface area contributed by atoms with Gasteiger partial charge in [0.2, 0.25) is 0 Å². The summed E-state index contributed by atoms with van der Waals surface area (Å²) in [6.07, 6.45) is 18.0. The quantitative estimate of drug-likeness (QED) is 0.0877. The monoisotopic (exact) mass is 876 g/mol. The van der Waals surface area contributed by atoms with Gasteiger partial charge in [0.15, 0.2) is 0 Å². The second kappa shape index (κ2) is 20.8. The fraction of sp³-hybridized carbons (Fsp3) is 1.00. The van der Waals surface area contributed by atoms with E-state index in [-0.39, 0.29) is 0 Å². The van der Waals surface area contributed by atoms with Gasteiger partial charge in [-0.3, -0.25) is 0 Å². The van der Waals surface area contributed by atoms with Crippen LogP contribution in [0.15, 0.2) is 0 Å². The number of rotatable bonds is 14. The van der Waals surface area contributed by atoms with Gasteiger partial charge in [-0.25, -0.2) is 0 Å². The molecular formula is C56H105N7. The summed E-state index contributed by atoms with van der Waals surface area (Å²) in [5.74, 6) is 9.99. The van der Waals surface area contributed by atoms with Crippen molar-refractivity contribution < 1.29 is 0 Å². The van der Waals surface area contributed by atoms with E-state index < -0.39 is 0 Å². The number of hydrogen-bond acceptors (Lipinski definition) is 7. The highest BCUT2D eigenvalue weighted by Crippen LogP contribution is 2.52. The lowest BCUT2D eigenvalue weighted by atomic mass is 9.71. The van der Waals surface area contributed by atoms with Gasteiger partial charge in [0, 0.05) is 84.6 Å². The van der Waals surface area contributed by atoms with Crippen molar-refractivity contribution in [1.82, 2.24) is 37.2 Å². The lowest BCUT2D eigenvalue weighted by Gasteiger charge is -2.32. The molecular weight excluding hydrogens is 771 g/mol. The van der Waals surface area contributed by atoms with Crippen LogP contribution in [0.4, 0.5) is 0 Å². The zero-order valence-electron chi connectivity index (χ0n) is 43.6. The molecule has 364 valence electrons. The molecule has 8 heterocycles. The van der Waals surface area contributed by atoms with E-state index in [1.807, 2.05) is 0 Å². The Hall–Kier alpha value is -0.280. The molecule has 63 heavy (non-hydrogen) atoms. The van der Waals surface area contributed by atoms with Crippen LogP contribution >= 0.6 is 0 Å². The first kappa shape index (κ1) is 49.2. The van der Waals surface area contributed by atoms with E-state index in [4.69, 9.17) is 0 Å².